The maximum absolute atomic E-state index is 6.01. The van der Waals surface area contributed by atoms with Crippen molar-refractivity contribution in [1.29, 1.82) is 0 Å². The van der Waals surface area contributed by atoms with Crippen LogP contribution in [0.4, 0.5) is 5.69 Å². The molecule has 0 radical (unpaired) electrons. The molecule has 0 amide bonds. The minimum atomic E-state index is 0. The van der Waals surface area contributed by atoms with Crippen LogP contribution in [0, 0.1) is 0 Å². The van der Waals surface area contributed by atoms with Crippen LogP contribution in [0.1, 0.15) is 62.7 Å². The first-order valence-corrected chi connectivity index (χ1v) is 8.83. The summed E-state index contributed by atoms with van der Waals surface area (Å²) >= 11 is 0. The first-order chi connectivity index (χ1) is 11.6. The Balaban J connectivity index is 0.00000225. The Kier molecular flexibility index (Phi) is 7.28. The molecular formula is C19H28IN5. The number of nitrogens with zero attached hydrogens (tertiary/aromatic N) is 3. The Morgan fingerprint density at radius 1 is 1.32 bits per heavy atom. The van der Waals surface area contributed by atoms with Crippen LogP contribution >= 0.6 is 24.0 Å². The highest BCUT2D eigenvalue weighted by molar-refractivity contribution is 14.0. The molecule has 1 fully saturated rings. The van der Waals surface area contributed by atoms with E-state index in [-0.39, 0.29) is 24.0 Å². The van der Waals surface area contributed by atoms with Crippen molar-refractivity contribution in [3.05, 3.63) is 47.8 Å². The van der Waals surface area contributed by atoms with Crippen molar-refractivity contribution >= 4 is 35.6 Å². The monoisotopic (exact) mass is 453 g/mol. The lowest BCUT2D eigenvalue weighted by Crippen LogP contribution is -2.22. The molecule has 0 spiro atoms. The Morgan fingerprint density at radius 2 is 2.08 bits per heavy atom. The summed E-state index contributed by atoms with van der Waals surface area (Å²) in [6, 6.07) is 10.9. The van der Waals surface area contributed by atoms with Crippen LogP contribution in [0.2, 0.25) is 0 Å². The second kappa shape index (κ2) is 9.22. The van der Waals surface area contributed by atoms with Crippen LogP contribution in [0.5, 0.6) is 0 Å². The number of nitrogens with one attached hydrogen (secondary N) is 1. The first kappa shape index (κ1) is 19.8. The molecule has 1 aromatic heterocycles. The molecule has 25 heavy (non-hydrogen) atoms. The molecule has 3 rings (SSSR count). The van der Waals surface area contributed by atoms with Gasteiger partial charge in [-0.1, -0.05) is 38.8 Å². The molecule has 5 nitrogen and oxygen atoms in total. The summed E-state index contributed by atoms with van der Waals surface area (Å²) in [5.41, 5.74) is 9.23. The maximum Gasteiger partial charge on any atom is 0.193 e. The van der Waals surface area contributed by atoms with Crippen LogP contribution < -0.4 is 11.1 Å². The van der Waals surface area contributed by atoms with E-state index in [9.17, 15) is 0 Å². The van der Waals surface area contributed by atoms with Gasteiger partial charge in [-0.3, -0.25) is 4.68 Å². The molecule has 1 aliphatic rings. The van der Waals surface area contributed by atoms with Gasteiger partial charge in [0.25, 0.3) is 0 Å². The largest absolute Gasteiger partial charge is 0.370 e. The van der Waals surface area contributed by atoms with Gasteiger partial charge < -0.3 is 11.1 Å². The van der Waals surface area contributed by atoms with E-state index in [0.29, 0.717) is 24.5 Å². The van der Waals surface area contributed by atoms with Gasteiger partial charge in [0, 0.05) is 11.9 Å². The molecule has 2 aromatic rings. The fraction of sp³-hybridized carbons (Fsp3) is 0.474. The minimum absolute atomic E-state index is 0. The predicted octanol–water partition coefficient (Wildman–Crippen LogP) is 4.67. The molecule has 3 N–H and O–H groups in total. The topological polar surface area (TPSA) is 68.2 Å². The van der Waals surface area contributed by atoms with Crippen molar-refractivity contribution in [2.24, 2.45) is 10.7 Å². The third kappa shape index (κ3) is 5.45. The van der Waals surface area contributed by atoms with E-state index in [1.807, 2.05) is 18.2 Å². The van der Waals surface area contributed by atoms with Gasteiger partial charge in [0.05, 0.1) is 18.3 Å². The van der Waals surface area contributed by atoms with Crippen molar-refractivity contribution in [1.82, 2.24) is 9.78 Å². The Labute approximate surface area is 167 Å². The summed E-state index contributed by atoms with van der Waals surface area (Å²) in [5.74, 6) is 0.913. The molecular weight excluding hydrogens is 425 g/mol. The molecule has 0 unspecified atom stereocenters. The standard InChI is InChI=1S/C19H27N5.HI/c1-14(2)15-6-5-7-16(12-15)22-19(20)21-13-17-10-11-24(23-17)18-8-3-4-9-18;/h5-7,10-12,14,18H,3-4,8-9,13H2,1-2H3,(H3,20,21,22);1H. The van der Waals surface area contributed by atoms with Gasteiger partial charge in [0.1, 0.15) is 0 Å². The van der Waals surface area contributed by atoms with Gasteiger partial charge in [0.2, 0.25) is 0 Å². The van der Waals surface area contributed by atoms with E-state index in [4.69, 9.17) is 5.73 Å². The average Bonchev–Trinajstić information content (AvgIpc) is 3.24. The number of hydrogen-bond donors (Lipinski definition) is 2. The summed E-state index contributed by atoms with van der Waals surface area (Å²) in [6.45, 7) is 4.86. The Morgan fingerprint density at radius 3 is 2.80 bits per heavy atom. The Hall–Kier alpha value is -1.57. The summed E-state index contributed by atoms with van der Waals surface area (Å²) in [4.78, 5) is 4.41. The fourth-order valence-corrected chi connectivity index (χ4v) is 3.16. The third-order valence-electron chi connectivity index (χ3n) is 4.60. The summed E-state index contributed by atoms with van der Waals surface area (Å²) in [7, 11) is 0. The molecule has 6 heteroatoms. The van der Waals surface area contributed by atoms with Gasteiger partial charge in [-0.25, -0.2) is 4.99 Å². The summed E-state index contributed by atoms with van der Waals surface area (Å²) < 4.78 is 2.09. The fourth-order valence-electron chi connectivity index (χ4n) is 3.16. The maximum atomic E-state index is 6.01. The molecule has 1 aromatic carbocycles. The molecule has 0 aliphatic heterocycles. The highest BCUT2D eigenvalue weighted by Gasteiger charge is 2.17. The molecule has 1 saturated carbocycles. The van der Waals surface area contributed by atoms with Gasteiger partial charge >= 0.3 is 0 Å². The van der Waals surface area contributed by atoms with Gasteiger partial charge in [-0.15, -0.1) is 24.0 Å². The van der Waals surface area contributed by atoms with Crippen molar-refractivity contribution in [2.45, 2.75) is 58.0 Å². The Bertz CT molecular complexity index is 701. The van der Waals surface area contributed by atoms with Gasteiger partial charge in [-0.05, 0) is 42.5 Å². The number of hydrogen-bond acceptors (Lipinski definition) is 2. The number of rotatable bonds is 5. The third-order valence-corrected chi connectivity index (χ3v) is 4.60. The lowest BCUT2D eigenvalue weighted by Gasteiger charge is -2.10. The zero-order valence-electron chi connectivity index (χ0n) is 15.0. The second-order valence-corrected chi connectivity index (χ2v) is 6.83. The number of halogens is 1. The zero-order valence-corrected chi connectivity index (χ0v) is 17.3. The van der Waals surface area contributed by atoms with Crippen molar-refractivity contribution < 1.29 is 0 Å². The molecule has 1 aliphatic carbocycles. The zero-order chi connectivity index (χ0) is 16.9. The van der Waals surface area contributed by atoms with Crippen molar-refractivity contribution in [3.8, 4) is 0 Å². The number of aromatic nitrogens is 2. The van der Waals surface area contributed by atoms with Crippen LogP contribution in [0.25, 0.3) is 0 Å². The van der Waals surface area contributed by atoms with E-state index in [1.54, 1.807) is 0 Å². The second-order valence-electron chi connectivity index (χ2n) is 6.83. The number of benzene rings is 1. The number of nitrogens with two attached hydrogens (primary N) is 1. The van der Waals surface area contributed by atoms with E-state index in [2.05, 4.69) is 52.3 Å². The van der Waals surface area contributed by atoms with Crippen LogP contribution in [-0.2, 0) is 6.54 Å². The number of anilines is 1. The normalized spacial score (nSPS) is 15.4. The van der Waals surface area contributed by atoms with Crippen LogP contribution in [0.15, 0.2) is 41.5 Å². The van der Waals surface area contributed by atoms with E-state index in [0.717, 1.165) is 11.4 Å². The lowest BCUT2D eigenvalue weighted by atomic mass is 10.0. The number of guanidine groups is 1. The smallest absolute Gasteiger partial charge is 0.193 e. The van der Waals surface area contributed by atoms with Gasteiger partial charge in [-0.2, -0.15) is 5.10 Å². The highest BCUT2D eigenvalue weighted by Crippen LogP contribution is 2.28. The molecule has 0 atom stereocenters. The number of aliphatic imine (C=N–C) groups is 1. The van der Waals surface area contributed by atoms with E-state index in [1.165, 1.54) is 31.2 Å². The minimum Gasteiger partial charge on any atom is -0.370 e. The molecule has 1 heterocycles. The van der Waals surface area contributed by atoms with Crippen molar-refractivity contribution in [3.63, 3.8) is 0 Å². The summed E-state index contributed by atoms with van der Waals surface area (Å²) in [5, 5.41) is 7.80. The van der Waals surface area contributed by atoms with E-state index >= 15 is 0 Å². The summed E-state index contributed by atoms with van der Waals surface area (Å²) in [6.07, 6.45) is 7.16. The molecule has 0 bridgehead atoms. The van der Waals surface area contributed by atoms with Crippen molar-refractivity contribution in [2.75, 3.05) is 5.32 Å². The quantitative estimate of drug-likeness (QED) is 0.393. The van der Waals surface area contributed by atoms with Gasteiger partial charge in [0.15, 0.2) is 5.96 Å². The predicted molar refractivity (Wildman–Crippen MR) is 115 cm³/mol. The molecule has 136 valence electrons. The average molecular weight is 453 g/mol. The first-order valence-electron chi connectivity index (χ1n) is 8.83. The van der Waals surface area contributed by atoms with E-state index < -0.39 is 0 Å². The van der Waals surface area contributed by atoms with Crippen LogP contribution in [-0.4, -0.2) is 15.7 Å². The lowest BCUT2D eigenvalue weighted by molar-refractivity contribution is 0.463. The SMILES string of the molecule is CC(C)c1cccc(NC(N)=NCc2ccn(C3CCCC3)n2)c1.I. The highest BCUT2D eigenvalue weighted by atomic mass is 127. The van der Waals surface area contributed by atoms with Crippen LogP contribution in [0.3, 0.4) is 0 Å². The molecule has 0 saturated heterocycles.